The molecular formula is C26H20FIN4O2. The Kier molecular flexibility index (Phi) is 6.39. The maximum absolute atomic E-state index is 13.2. The summed E-state index contributed by atoms with van der Waals surface area (Å²) in [5, 5.41) is 7.91. The third kappa shape index (κ3) is 4.86. The molecule has 0 aliphatic carbocycles. The number of nitrogens with one attached hydrogen (secondary N) is 2. The summed E-state index contributed by atoms with van der Waals surface area (Å²) in [6, 6.07) is 20.0. The van der Waals surface area contributed by atoms with E-state index < -0.39 is 6.67 Å². The maximum Gasteiger partial charge on any atom is 0.255 e. The van der Waals surface area contributed by atoms with Crippen molar-refractivity contribution in [3.05, 3.63) is 93.3 Å². The number of amides is 1. The highest BCUT2D eigenvalue weighted by molar-refractivity contribution is 14.1. The van der Waals surface area contributed by atoms with Crippen molar-refractivity contribution < 1.29 is 13.9 Å². The Morgan fingerprint density at radius 2 is 1.88 bits per heavy atom. The van der Waals surface area contributed by atoms with E-state index in [1.807, 2.05) is 36.4 Å². The molecule has 0 radical (unpaired) electrons. The van der Waals surface area contributed by atoms with Gasteiger partial charge in [-0.2, -0.15) is 0 Å². The number of benzene rings is 3. The molecule has 8 heteroatoms. The van der Waals surface area contributed by atoms with Gasteiger partial charge in [0.15, 0.2) is 0 Å². The second-order valence-corrected chi connectivity index (χ2v) is 8.92. The van der Waals surface area contributed by atoms with Crippen molar-refractivity contribution in [2.75, 3.05) is 18.4 Å². The molecule has 0 fully saturated rings. The molecule has 3 aromatic carbocycles. The lowest BCUT2D eigenvalue weighted by molar-refractivity contribution is 0.102. The molecule has 4 aromatic rings. The van der Waals surface area contributed by atoms with Gasteiger partial charge in [0.25, 0.3) is 5.91 Å². The van der Waals surface area contributed by atoms with Crippen LogP contribution in [0, 0.1) is 3.57 Å². The fourth-order valence-electron chi connectivity index (χ4n) is 3.70. The highest BCUT2D eigenvalue weighted by Gasteiger charge is 2.12. The first-order chi connectivity index (χ1) is 16.6. The van der Waals surface area contributed by atoms with Gasteiger partial charge in [-0.3, -0.25) is 14.8 Å². The lowest BCUT2D eigenvalue weighted by Gasteiger charge is -2.10. The number of rotatable bonds is 6. The zero-order valence-electron chi connectivity index (χ0n) is 18.0. The summed E-state index contributed by atoms with van der Waals surface area (Å²) in [4.78, 5) is 21.6. The lowest BCUT2D eigenvalue weighted by Crippen LogP contribution is -2.20. The van der Waals surface area contributed by atoms with E-state index in [9.17, 15) is 9.18 Å². The van der Waals surface area contributed by atoms with E-state index in [2.05, 4.69) is 43.2 Å². The molecular weight excluding hydrogens is 546 g/mol. The van der Waals surface area contributed by atoms with Crippen LogP contribution in [-0.2, 0) is 6.67 Å². The first kappa shape index (κ1) is 22.3. The number of fused-ring (bicyclic) bond motifs is 1. The molecule has 0 spiro atoms. The molecule has 1 aliphatic rings. The molecule has 0 saturated heterocycles. The van der Waals surface area contributed by atoms with Gasteiger partial charge < -0.3 is 15.4 Å². The number of alkyl halides is 1. The quantitative estimate of drug-likeness (QED) is 0.294. The van der Waals surface area contributed by atoms with Crippen molar-refractivity contribution in [3.63, 3.8) is 0 Å². The summed E-state index contributed by atoms with van der Waals surface area (Å²) in [6.45, 7) is 0.969. The fourth-order valence-corrected chi connectivity index (χ4v) is 4.18. The van der Waals surface area contributed by atoms with Gasteiger partial charge in [0.2, 0.25) is 0 Å². The molecule has 0 bridgehead atoms. The molecule has 1 aromatic heterocycles. The van der Waals surface area contributed by atoms with Gasteiger partial charge in [0.1, 0.15) is 29.7 Å². The van der Waals surface area contributed by atoms with E-state index >= 15 is 0 Å². The average Bonchev–Trinajstić information content (AvgIpc) is 3.40. The molecule has 0 atom stereocenters. The summed E-state index contributed by atoms with van der Waals surface area (Å²) in [7, 11) is 0. The topological polar surface area (TPSA) is 75.6 Å². The van der Waals surface area contributed by atoms with Crippen LogP contribution in [0.2, 0.25) is 0 Å². The number of pyridine rings is 1. The average molecular weight is 566 g/mol. The molecule has 34 heavy (non-hydrogen) atoms. The van der Waals surface area contributed by atoms with Crippen LogP contribution in [0.5, 0.6) is 11.5 Å². The van der Waals surface area contributed by atoms with Crippen LogP contribution < -0.4 is 15.4 Å². The van der Waals surface area contributed by atoms with Crippen LogP contribution in [0.15, 0.2) is 77.9 Å². The molecule has 0 saturated carbocycles. The first-order valence-corrected chi connectivity index (χ1v) is 11.8. The summed E-state index contributed by atoms with van der Waals surface area (Å²) >= 11 is 2.08. The monoisotopic (exact) mass is 566 g/mol. The van der Waals surface area contributed by atoms with Crippen molar-refractivity contribution in [1.29, 1.82) is 0 Å². The molecule has 1 aliphatic heterocycles. The smallest absolute Gasteiger partial charge is 0.255 e. The number of nitrogens with zero attached hydrogens (tertiary/aromatic N) is 2. The minimum absolute atomic E-state index is 0.261. The molecule has 0 unspecified atom stereocenters. The van der Waals surface area contributed by atoms with Crippen LogP contribution in [0.1, 0.15) is 21.6 Å². The highest BCUT2D eigenvalue weighted by Crippen LogP contribution is 2.27. The number of amidine groups is 1. The predicted octanol–water partition coefficient (Wildman–Crippen LogP) is 5.70. The fraction of sp³-hybridized carbons (Fsp3) is 0.115. The summed E-state index contributed by atoms with van der Waals surface area (Å²) in [6.07, 6.45) is 1.69. The number of aliphatic imine (C=N–C) groups is 1. The highest BCUT2D eigenvalue weighted by atomic mass is 127. The normalized spacial score (nSPS) is 12.8. The minimum Gasteiger partial charge on any atom is -0.457 e. The van der Waals surface area contributed by atoms with E-state index in [1.165, 1.54) is 0 Å². The predicted molar refractivity (Wildman–Crippen MR) is 140 cm³/mol. The number of hydrogen-bond donors (Lipinski definition) is 2. The Bertz CT molecular complexity index is 1420. The van der Waals surface area contributed by atoms with Crippen molar-refractivity contribution in [3.8, 4) is 11.5 Å². The van der Waals surface area contributed by atoms with Crippen LogP contribution >= 0.6 is 22.6 Å². The van der Waals surface area contributed by atoms with Crippen LogP contribution in [0.25, 0.3) is 10.8 Å². The standard InChI is InChI=1S/C26H20FIN4O2/c27-15-19-12-20(4-6-23(19)28)32-26(33)17-2-1-16-3-5-21(13-18(16)11-17)34-22-7-8-29-24(14-22)25-30-9-10-31-25/h1-8,11-14H,9-10,15H2,(H,30,31)(H,32,33). The van der Waals surface area contributed by atoms with Crippen LogP contribution in [-0.4, -0.2) is 29.8 Å². The van der Waals surface area contributed by atoms with Gasteiger partial charge in [-0.1, -0.05) is 12.1 Å². The van der Waals surface area contributed by atoms with Gasteiger partial charge in [0.05, 0.1) is 6.54 Å². The van der Waals surface area contributed by atoms with E-state index in [0.29, 0.717) is 28.3 Å². The Morgan fingerprint density at radius 1 is 1.03 bits per heavy atom. The number of carbonyl (C=O) groups is 1. The van der Waals surface area contributed by atoms with Crippen LogP contribution in [0.3, 0.4) is 0 Å². The number of anilines is 1. The van der Waals surface area contributed by atoms with Gasteiger partial charge in [-0.15, -0.1) is 0 Å². The summed E-state index contributed by atoms with van der Waals surface area (Å²) in [5.74, 6) is 1.81. The van der Waals surface area contributed by atoms with Crippen molar-refractivity contribution in [2.45, 2.75) is 6.67 Å². The summed E-state index contributed by atoms with van der Waals surface area (Å²) in [5.41, 5.74) is 2.35. The largest absolute Gasteiger partial charge is 0.457 e. The minimum atomic E-state index is -0.579. The Morgan fingerprint density at radius 3 is 2.71 bits per heavy atom. The molecule has 1 amide bonds. The second-order valence-electron chi connectivity index (χ2n) is 7.75. The third-order valence-electron chi connectivity index (χ3n) is 5.41. The van der Waals surface area contributed by atoms with Crippen LogP contribution in [0.4, 0.5) is 10.1 Å². The van der Waals surface area contributed by atoms with Gasteiger partial charge in [-0.05, 0) is 87.5 Å². The number of halogens is 2. The molecule has 6 nitrogen and oxygen atoms in total. The zero-order valence-corrected chi connectivity index (χ0v) is 20.2. The van der Waals surface area contributed by atoms with E-state index in [0.717, 1.165) is 39.0 Å². The van der Waals surface area contributed by atoms with Gasteiger partial charge in [-0.25, -0.2) is 4.39 Å². The molecule has 2 N–H and O–H groups in total. The van der Waals surface area contributed by atoms with E-state index in [4.69, 9.17) is 4.74 Å². The summed E-state index contributed by atoms with van der Waals surface area (Å²) < 4.78 is 20.0. The number of aromatic nitrogens is 1. The van der Waals surface area contributed by atoms with Crippen molar-refractivity contribution in [2.24, 2.45) is 4.99 Å². The third-order valence-corrected chi connectivity index (χ3v) is 6.46. The number of hydrogen-bond acceptors (Lipinski definition) is 5. The first-order valence-electron chi connectivity index (χ1n) is 10.7. The molecule has 170 valence electrons. The number of ether oxygens (including phenoxy) is 1. The SMILES string of the molecule is O=C(Nc1ccc(I)c(CF)c1)c1ccc2ccc(Oc3ccnc(C4=NCCN4)c3)cc2c1. The molecule has 5 rings (SSSR count). The van der Waals surface area contributed by atoms with Crippen molar-refractivity contribution in [1.82, 2.24) is 10.3 Å². The Balaban J connectivity index is 1.36. The number of carbonyl (C=O) groups excluding carboxylic acids is 1. The van der Waals surface area contributed by atoms with Gasteiger partial charge in [0, 0.05) is 33.6 Å². The Hall–Kier alpha value is -3.53. The van der Waals surface area contributed by atoms with Gasteiger partial charge >= 0.3 is 0 Å². The van der Waals surface area contributed by atoms with E-state index in [-0.39, 0.29) is 5.91 Å². The second kappa shape index (κ2) is 9.76. The maximum atomic E-state index is 13.2. The van der Waals surface area contributed by atoms with E-state index in [1.54, 1.807) is 36.5 Å². The van der Waals surface area contributed by atoms with Crippen molar-refractivity contribution >= 4 is 50.8 Å². The molecule has 2 heterocycles. The Labute approximate surface area is 209 Å². The zero-order chi connectivity index (χ0) is 23.5. The lowest BCUT2D eigenvalue weighted by atomic mass is 10.1.